The molecule has 0 aromatic carbocycles. The van der Waals surface area contributed by atoms with E-state index in [4.69, 9.17) is 4.74 Å². The summed E-state index contributed by atoms with van der Waals surface area (Å²) in [5, 5.41) is 18.2. The predicted octanol–water partition coefficient (Wildman–Crippen LogP) is -1.11. The van der Waals surface area contributed by atoms with E-state index in [9.17, 15) is 14.7 Å². The Kier molecular flexibility index (Phi) is 9.52. The molecule has 0 saturated carbocycles. The molecule has 4 N–H and O–H groups in total. The summed E-state index contributed by atoms with van der Waals surface area (Å²) in [4.78, 5) is 23.6. The van der Waals surface area contributed by atoms with Crippen LogP contribution in [-0.4, -0.2) is 62.4 Å². The number of methoxy groups -OCH3 is 1. The van der Waals surface area contributed by atoms with Gasteiger partial charge in [0.1, 0.15) is 12.6 Å². The van der Waals surface area contributed by atoms with Gasteiger partial charge in [0, 0.05) is 32.7 Å². The lowest BCUT2D eigenvalue weighted by atomic mass is 10.0. The topological polar surface area (TPSA) is 99.7 Å². The number of carbonyl (C=O) groups excluding carboxylic acids is 2. The van der Waals surface area contributed by atoms with Gasteiger partial charge in [-0.05, 0) is 5.92 Å². The van der Waals surface area contributed by atoms with Crippen molar-refractivity contribution in [3.63, 3.8) is 0 Å². The van der Waals surface area contributed by atoms with Crippen molar-refractivity contribution in [2.75, 3.05) is 33.4 Å². The van der Waals surface area contributed by atoms with Crippen molar-refractivity contribution in [1.29, 1.82) is 0 Å². The van der Waals surface area contributed by atoms with Crippen LogP contribution in [0.25, 0.3) is 0 Å². The second-order valence-corrected chi connectivity index (χ2v) is 5.45. The zero-order valence-corrected chi connectivity index (χ0v) is 13.5. The molecule has 7 nitrogen and oxygen atoms in total. The molecule has 21 heavy (non-hydrogen) atoms. The Morgan fingerprint density at radius 3 is 2.52 bits per heavy atom. The van der Waals surface area contributed by atoms with Crippen LogP contribution in [0.3, 0.4) is 0 Å². The fourth-order valence-electron chi connectivity index (χ4n) is 2.15. The minimum atomic E-state index is -0.593. The van der Waals surface area contributed by atoms with Gasteiger partial charge in [0.25, 0.3) is 0 Å². The summed E-state index contributed by atoms with van der Waals surface area (Å²) in [6, 6.07) is -0.593. The number of aliphatic hydroxyl groups is 1. The maximum Gasteiger partial charge on any atom is 0.246 e. The highest BCUT2D eigenvalue weighted by molar-refractivity contribution is 5.88. The summed E-state index contributed by atoms with van der Waals surface area (Å²) >= 11 is 0. The van der Waals surface area contributed by atoms with Crippen molar-refractivity contribution in [3.05, 3.63) is 0 Å². The van der Waals surface area contributed by atoms with Crippen LogP contribution in [0.4, 0.5) is 0 Å². The van der Waals surface area contributed by atoms with Gasteiger partial charge in [-0.25, -0.2) is 0 Å². The van der Waals surface area contributed by atoms with E-state index in [2.05, 4.69) is 16.0 Å². The minimum Gasteiger partial charge on any atom is -0.391 e. The summed E-state index contributed by atoms with van der Waals surface area (Å²) < 4.78 is 4.73. The fourth-order valence-corrected chi connectivity index (χ4v) is 2.15. The van der Waals surface area contributed by atoms with E-state index >= 15 is 0 Å². The first kappa shape index (κ1) is 20.1. The van der Waals surface area contributed by atoms with E-state index in [0.29, 0.717) is 19.6 Å². The molecule has 1 heterocycles. The van der Waals surface area contributed by atoms with Gasteiger partial charge in [-0.1, -0.05) is 13.8 Å². The summed E-state index contributed by atoms with van der Waals surface area (Å²) in [6.45, 7) is 5.30. The van der Waals surface area contributed by atoms with E-state index in [0.717, 1.165) is 0 Å². The van der Waals surface area contributed by atoms with Crippen LogP contribution in [0, 0.1) is 11.8 Å². The van der Waals surface area contributed by atoms with Crippen molar-refractivity contribution in [2.45, 2.75) is 26.0 Å². The maximum absolute atomic E-state index is 12.1. The van der Waals surface area contributed by atoms with Crippen molar-refractivity contribution < 1.29 is 19.4 Å². The molecule has 8 heteroatoms. The monoisotopic (exact) mass is 323 g/mol. The Morgan fingerprint density at radius 1 is 1.38 bits per heavy atom. The molecule has 1 saturated heterocycles. The molecular formula is C13H26ClN3O4. The van der Waals surface area contributed by atoms with E-state index in [1.165, 1.54) is 7.11 Å². The van der Waals surface area contributed by atoms with Crippen LogP contribution < -0.4 is 16.0 Å². The molecule has 0 bridgehead atoms. The molecule has 1 rings (SSSR count). The molecule has 2 amide bonds. The molecule has 1 aliphatic heterocycles. The van der Waals surface area contributed by atoms with Gasteiger partial charge in [0.05, 0.1) is 6.10 Å². The smallest absolute Gasteiger partial charge is 0.246 e. The highest BCUT2D eigenvalue weighted by Gasteiger charge is 2.28. The van der Waals surface area contributed by atoms with Gasteiger partial charge in [-0.2, -0.15) is 0 Å². The van der Waals surface area contributed by atoms with Crippen molar-refractivity contribution in [2.24, 2.45) is 11.8 Å². The zero-order chi connectivity index (χ0) is 15.1. The quantitative estimate of drug-likeness (QED) is 0.476. The van der Waals surface area contributed by atoms with Crippen molar-refractivity contribution in [3.8, 4) is 0 Å². The van der Waals surface area contributed by atoms with E-state index in [-0.39, 0.29) is 42.7 Å². The number of ether oxygens (including phenoxy) is 1. The molecule has 0 aromatic heterocycles. The van der Waals surface area contributed by atoms with Crippen molar-refractivity contribution >= 4 is 24.2 Å². The average Bonchev–Trinajstić information content (AvgIpc) is 2.78. The number of hydrogen-bond donors (Lipinski definition) is 4. The van der Waals surface area contributed by atoms with Crippen molar-refractivity contribution in [1.82, 2.24) is 16.0 Å². The molecule has 0 aromatic rings. The molecule has 1 aliphatic rings. The zero-order valence-electron chi connectivity index (χ0n) is 12.7. The van der Waals surface area contributed by atoms with Gasteiger partial charge in [-0.15, -0.1) is 12.4 Å². The number of nitrogens with one attached hydrogen (secondary N) is 3. The molecule has 124 valence electrons. The fraction of sp³-hybridized carbons (Fsp3) is 0.846. The number of β-amino-alcohol motifs (C(OH)–C–C–N with tert-alkyl or cyclic N) is 1. The lowest BCUT2D eigenvalue weighted by Gasteiger charge is -2.23. The van der Waals surface area contributed by atoms with E-state index < -0.39 is 12.1 Å². The second-order valence-electron chi connectivity index (χ2n) is 5.45. The highest BCUT2D eigenvalue weighted by Crippen LogP contribution is 2.08. The second kappa shape index (κ2) is 9.94. The predicted molar refractivity (Wildman–Crippen MR) is 81.3 cm³/mol. The first-order chi connectivity index (χ1) is 9.45. The summed E-state index contributed by atoms with van der Waals surface area (Å²) in [7, 11) is 1.43. The Balaban J connectivity index is 0.00000400. The Hall–Kier alpha value is -0.890. The summed E-state index contributed by atoms with van der Waals surface area (Å²) in [5.74, 6) is -0.559. The van der Waals surface area contributed by atoms with Gasteiger partial charge in [0.15, 0.2) is 0 Å². The van der Waals surface area contributed by atoms with Crippen LogP contribution in [0.15, 0.2) is 0 Å². The van der Waals surface area contributed by atoms with Gasteiger partial charge in [-0.3, -0.25) is 9.59 Å². The van der Waals surface area contributed by atoms with Crippen LogP contribution in [0.1, 0.15) is 13.8 Å². The van der Waals surface area contributed by atoms with Crippen LogP contribution in [0.5, 0.6) is 0 Å². The van der Waals surface area contributed by atoms with Crippen LogP contribution in [-0.2, 0) is 14.3 Å². The third-order valence-corrected chi connectivity index (χ3v) is 3.38. The lowest BCUT2D eigenvalue weighted by Crippen LogP contribution is -2.51. The number of hydrogen-bond acceptors (Lipinski definition) is 5. The van der Waals surface area contributed by atoms with Crippen LogP contribution >= 0.6 is 12.4 Å². The molecule has 2 unspecified atom stereocenters. The number of amides is 2. The van der Waals surface area contributed by atoms with Gasteiger partial charge >= 0.3 is 0 Å². The molecular weight excluding hydrogens is 298 g/mol. The minimum absolute atomic E-state index is 0. The highest BCUT2D eigenvalue weighted by atomic mass is 35.5. The largest absolute Gasteiger partial charge is 0.391 e. The summed E-state index contributed by atoms with van der Waals surface area (Å²) in [5.41, 5.74) is 0. The first-order valence-corrected chi connectivity index (χ1v) is 6.90. The Labute approximate surface area is 131 Å². The van der Waals surface area contributed by atoms with Gasteiger partial charge < -0.3 is 25.8 Å². The molecule has 0 radical (unpaired) electrons. The third kappa shape index (κ3) is 6.60. The number of rotatable bonds is 7. The van der Waals surface area contributed by atoms with E-state index in [1.807, 2.05) is 13.8 Å². The molecule has 0 spiro atoms. The molecule has 1 fully saturated rings. The normalized spacial score (nSPS) is 22.5. The number of halogens is 1. The average molecular weight is 324 g/mol. The third-order valence-electron chi connectivity index (χ3n) is 3.38. The Morgan fingerprint density at radius 2 is 2.05 bits per heavy atom. The van der Waals surface area contributed by atoms with Gasteiger partial charge in [0.2, 0.25) is 11.8 Å². The maximum atomic E-state index is 12.1. The SMILES string of the molecule is COCC(=O)N[C@H](C(=O)NCC1CNCC1O)C(C)C.Cl. The Bertz CT molecular complexity index is 341. The first-order valence-electron chi connectivity index (χ1n) is 6.90. The van der Waals surface area contributed by atoms with Crippen LogP contribution in [0.2, 0.25) is 0 Å². The number of carbonyl (C=O) groups is 2. The molecule has 0 aliphatic carbocycles. The number of aliphatic hydroxyl groups excluding tert-OH is 1. The molecule has 3 atom stereocenters. The van der Waals surface area contributed by atoms with E-state index in [1.54, 1.807) is 0 Å². The standard InChI is InChI=1S/C13H25N3O4.ClH/c1-8(2)12(16-11(18)7-20-3)13(19)15-5-9-4-14-6-10(9)17;/h8-10,12,14,17H,4-7H2,1-3H3,(H,15,19)(H,16,18);1H/t9?,10?,12-;/m0./s1. The summed E-state index contributed by atoms with van der Waals surface area (Å²) in [6.07, 6.45) is -0.434. The lowest BCUT2D eigenvalue weighted by molar-refractivity contribution is -0.132.